The van der Waals surface area contributed by atoms with E-state index in [9.17, 15) is 4.79 Å². The maximum atomic E-state index is 12.3. The lowest BCUT2D eigenvalue weighted by molar-refractivity contribution is 0.123. The molecule has 0 spiro atoms. The van der Waals surface area contributed by atoms with Gasteiger partial charge in [-0.05, 0) is 46.3 Å². The van der Waals surface area contributed by atoms with Crippen molar-refractivity contribution >= 4 is 27.2 Å². The average Bonchev–Trinajstić information content (AvgIpc) is 3.22. The Morgan fingerprint density at radius 1 is 0.893 bits per heavy atom. The fourth-order valence-electron chi connectivity index (χ4n) is 3.63. The standard InChI is InChI=1S/C23H20N2O2S/c26-20-14-22(28-23(15-20)25-8-10-27-11-9-25)19-3-1-2-16(13-19)17-4-5-21-18(12-17)6-7-24-21/h1-7,12-15,24H,8-11H2. The SMILES string of the molecule is O=c1cc(-c2cccc(-c3ccc4[nH]ccc4c3)c2)sc(N2CCOCC2)c1. The highest BCUT2D eigenvalue weighted by Gasteiger charge is 2.14. The van der Waals surface area contributed by atoms with Crippen LogP contribution in [-0.4, -0.2) is 31.3 Å². The molecule has 1 aliphatic heterocycles. The van der Waals surface area contributed by atoms with Crippen molar-refractivity contribution in [2.24, 2.45) is 0 Å². The molecule has 3 heterocycles. The van der Waals surface area contributed by atoms with Gasteiger partial charge in [-0.3, -0.25) is 4.79 Å². The minimum absolute atomic E-state index is 0.0504. The molecule has 2 aromatic carbocycles. The van der Waals surface area contributed by atoms with Crippen molar-refractivity contribution in [1.29, 1.82) is 0 Å². The molecule has 1 N–H and O–H groups in total. The third kappa shape index (κ3) is 3.35. The van der Waals surface area contributed by atoms with E-state index >= 15 is 0 Å². The van der Waals surface area contributed by atoms with Gasteiger partial charge in [0.15, 0.2) is 5.43 Å². The van der Waals surface area contributed by atoms with E-state index < -0.39 is 0 Å². The first-order valence-electron chi connectivity index (χ1n) is 9.42. The number of aromatic nitrogens is 1. The highest BCUT2D eigenvalue weighted by atomic mass is 32.1. The fraction of sp³-hybridized carbons (Fsp3) is 0.174. The van der Waals surface area contributed by atoms with Crippen molar-refractivity contribution < 1.29 is 4.74 Å². The molecule has 1 saturated heterocycles. The van der Waals surface area contributed by atoms with E-state index in [2.05, 4.69) is 58.4 Å². The summed E-state index contributed by atoms with van der Waals surface area (Å²) in [4.78, 5) is 18.8. The molecule has 140 valence electrons. The zero-order valence-electron chi connectivity index (χ0n) is 15.4. The number of aromatic amines is 1. The lowest BCUT2D eigenvalue weighted by Crippen LogP contribution is -2.36. The highest BCUT2D eigenvalue weighted by molar-refractivity contribution is 7.19. The maximum absolute atomic E-state index is 12.3. The van der Waals surface area contributed by atoms with Crippen molar-refractivity contribution in [1.82, 2.24) is 4.98 Å². The highest BCUT2D eigenvalue weighted by Crippen LogP contribution is 2.33. The number of nitrogens with one attached hydrogen (secondary N) is 1. The number of nitrogens with zero attached hydrogens (tertiary/aromatic N) is 1. The molecule has 4 aromatic rings. The van der Waals surface area contributed by atoms with Crippen molar-refractivity contribution in [3.8, 4) is 21.6 Å². The lowest BCUT2D eigenvalue weighted by Gasteiger charge is -2.28. The summed E-state index contributed by atoms with van der Waals surface area (Å²) >= 11 is 1.67. The summed E-state index contributed by atoms with van der Waals surface area (Å²) in [7, 11) is 0. The van der Waals surface area contributed by atoms with Gasteiger partial charge >= 0.3 is 0 Å². The molecule has 0 bridgehead atoms. The first kappa shape index (κ1) is 17.2. The van der Waals surface area contributed by atoms with E-state index in [4.69, 9.17) is 4.74 Å². The third-order valence-corrected chi connectivity index (χ3v) is 6.27. The normalized spacial score (nSPS) is 14.5. The summed E-state index contributed by atoms with van der Waals surface area (Å²) < 4.78 is 5.44. The van der Waals surface area contributed by atoms with Gasteiger partial charge in [-0.2, -0.15) is 0 Å². The number of morpholine rings is 1. The molecular formula is C23H20N2O2S. The minimum Gasteiger partial charge on any atom is -0.378 e. The number of benzene rings is 2. The van der Waals surface area contributed by atoms with E-state index in [1.807, 2.05) is 6.20 Å². The van der Waals surface area contributed by atoms with Crippen LogP contribution in [0.5, 0.6) is 0 Å². The van der Waals surface area contributed by atoms with Crippen LogP contribution in [0.15, 0.2) is 71.7 Å². The molecule has 0 amide bonds. The second-order valence-corrected chi connectivity index (χ2v) is 8.02. The number of hydrogen-bond acceptors (Lipinski definition) is 4. The number of fused-ring (bicyclic) bond motifs is 1. The topological polar surface area (TPSA) is 45.3 Å². The van der Waals surface area contributed by atoms with Gasteiger partial charge in [0.05, 0.1) is 18.2 Å². The number of ether oxygens (including phenoxy) is 1. The van der Waals surface area contributed by atoms with E-state index in [0.29, 0.717) is 13.2 Å². The van der Waals surface area contributed by atoms with Gasteiger partial charge in [-0.1, -0.05) is 24.3 Å². The molecule has 0 radical (unpaired) electrons. The number of anilines is 1. The summed E-state index contributed by atoms with van der Waals surface area (Å²) in [5.74, 6) is 0. The van der Waals surface area contributed by atoms with Crippen LogP contribution in [0.2, 0.25) is 0 Å². The Balaban J connectivity index is 1.54. The van der Waals surface area contributed by atoms with Crippen LogP contribution < -0.4 is 10.3 Å². The van der Waals surface area contributed by atoms with Crippen LogP contribution in [-0.2, 0) is 4.74 Å². The maximum Gasteiger partial charge on any atom is 0.182 e. The van der Waals surface area contributed by atoms with E-state index in [1.165, 1.54) is 10.9 Å². The molecule has 5 rings (SSSR count). The molecule has 5 heteroatoms. The van der Waals surface area contributed by atoms with Crippen LogP contribution >= 0.6 is 11.3 Å². The van der Waals surface area contributed by atoms with Crippen LogP contribution in [0.25, 0.3) is 32.5 Å². The summed E-state index contributed by atoms with van der Waals surface area (Å²) in [5, 5.41) is 2.21. The number of H-pyrrole nitrogens is 1. The zero-order valence-corrected chi connectivity index (χ0v) is 16.2. The van der Waals surface area contributed by atoms with E-state index in [0.717, 1.165) is 39.6 Å². The molecule has 0 saturated carbocycles. The van der Waals surface area contributed by atoms with Gasteiger partial charge in [0, 0.05) is 41.8 Å². The third-order valence-electron chi connectivity index (χ3n) is 5.11. The lowest BCUT2D eigenvalue weighted by atomic mass is 10.0. The second-order valence-electron chi connectivity index (χ2n) is 6.96. The molecule has 0 atom stereocenters. The Morgan fingerprint density at radius 2 is 1.71 bits per heavy atom. The van der Waals surface area contributed by atoms with Crippen LogP contribution in [0, 0.1) is 0 Å². The molecule has 1 fully saturated rings. The molecule has 4 nitrogen and oxygen atoms in total. The molecule has 0 aliphatic carbocycles. The van der Waals surface area contributed by atoms with Gasteiger partial charge in [0.25, 0.3) is 0 Å². The predicted molar refractivity (Wildman–Crippen MR) is 116 cm³/mol. The largest absolute Gasteiger partial charge is 0.378 e. The number of rotatable bonds is 3. The smallest absolute Gasteiger partial charge is 0.182 e. The Kier molecular flexibility index (Phi) is 4.47. The van der Waals surface area contributed by atoms with Crippen molar-refractivity contribution in [2.75, 3.05) is 31.2 Å². The monoisotopic (exact) mass is 388 g/mol. The summed E-state index contributed by atoms with van der Waals surface area (Å²) in [6, 6.07) is 20.4. The Hall–Kier alpha value is -2.89. The first-order valence-corrected chi connectivity index (χ1v) is 10.2. The molecule has 1 aliphatic rings. The number of hydrogen-bond donors (Lipinski definition) is 1. The predicted octanol–water partition coefficient (Wildman–Crippen LogP) is 4.76. The van der Waals surface area contributed by atoms with Gasteiger partial charge in [-0.15, -0.1) is 11.3 Å². The summed E-state index contributed by atoms with van der Waals surface area (Å²) in [6.45, 7) is 3.08. The molecule has 28 heavy (non-hydrogen) atoms. The van der Waals surface area contributed by atoms with Gasteiger partial charge < -0.3 is 14.6 Å². The van der Waals surface area contributed by atoms with E-state index in [-0.39, 0.29) is 5.43 Å². The van der Waals surface area contributed by atoms with Crippen LogP contribution in [0.4, 0.5) is 5.00 Å². The Bertz CT molecular complexity index is 1190. The fourth-order valence-corrected chi connectivity index (χ4v) is 4.76. The molecular weight excluding hydrogens is 368 g/mol. The Morgan fingerprint density at radius 3 is 2.61 bits per heavy atom. The van der Waals surface area contributed by atoms with Crippen LogP contribution in [0.3, 0.4) is 0 Å². The average molecular weight is 388 g/mol. The van der Waals surface area contributed by atoms with Gasteiger partial charge in [0.1, 0.15) is 0 Å². The van der Waals surface area contributed by atoms with Crippen molar-refractivity contribution in [3.63, 3.8) is 0 Å². The molecule has 0 unspecified atom stereocenters. The van der Waals surface area contributed by atoms with Gasteiger partial charge in [0.2, 0.25) is 0 Å². The second kappa shape index (κ2) is 7.26. The summed E-state index contributed by atoms with van der Waals surface area (Å²) in [6.07, 6.45) is 1.96. The summed E-state index contributed by atoms with van der Waals surface area (Å²) in [5.41, 5.74) is 4.58. The Labute approximate surface area is 167 Å². The van der Waals surface area contributed by atoms with Gasteiger partial charge in [-0.25, -0.2) is 0 Å². The van der Waals surface area contributed by atoms with E-state index in [1.54, 1.807) is 23.5 Å². The van der Waals surface area contributed by atoms with Crippen LogP contribution in [0.1, 0.15) is 0 Å². The minimum atomic E-state index is 0.0504. The first-order chi connectivity index (χ1) is 13.8. The molecule has 2 aromatic heterocycles. The zero-order chi connectivity index (χ0) is 18.9. The van der Waals surface area contributed by atoms with Crippen molar-refractivity contribution in [3.05, 3.63) is 77.1 Å². The quantitative estimate of drug-likeness (QED) is 0.550. The van der Waals surface area contributed by atoms with Crippen molar-refractivity contribution in [2.45, 2.75) is 0 Å².